The lowest BCUT2D eigenvalue weighted by Crippen LogP contribution is -2.07. The van der Waals surface area contributed by atoms with E-state index in [1.54, 1.807) is 32.0 Å². The molecule has 0 radical (unpaired) electrons. The highest BCUT2D eigenvalue weighted by molar-refractivity contribution is 6.39. The van der Waals surface area contributed by atoms with Crippen LogP contribution in [0.3, 0.4) is 0 Å². The lowest BCUT2D eigenvalue weighted by molar-refractivity contribution is 0.0471. The van der Waals surface area contributed by atoms with Crippen molar-refractivity contribution < 1.29 is 14.1 Å². The third-order valence-electron chi connectivity index (χ3n) is 2.70. The summed E-state index contributed by atoms with van der Waals surface area (Å²) in [7, 11) is 0. The van der Waals surface area contributed by atoms with E-state index >= 15 is 0 Å². The van der Waals surface area contributed by atoms with E-state index in [9.17, 15) is 4.79 Å². The number of benzene rings is 1. The van der Waals surface area contributed by atoms with Crippen molar-refractivity contribution in [2.45, 2.75) is 20.5 Å². The third kappa shape index (κ3) is 2.91. The fourth-order valence-corrected chi connectivity index (χ4v) is 2.16. The largest absolute Gasteiger partial charge is 0.457 e. The fraction of sp³-hybridized carbons (Fsp3) is 0.231. The van der Waals surface area contributed by atoms with Gasteiger partial charge in [0.15, 0.2) is 0 Å². The topological polar surface area (TPSA) is 52.3 Å². The maximum absolute atomic E-state index is 12.0. The maximum atomic E-state index is 12.0. The summed E-state index contributed by atoms with van der Waals surface area (Å²) in [6.07, 6.45) is 0. The zero-order chi connectivity index (χ0) is 14.0. The van der Waals surface area contributed by atoms with Gasteiger partial charge in [-0.05, 0) is 26.0 Å². The third-order valence-corrected chi connectivity index (χ3v) is 3.33. The molecule has 0 bridgehead atoms. The second-order valence-electron chi connectivity index (χ2n) is 3.98. The molecule has 19 heavy (non-hydrogen) atoms. The van der Waals surface area contributed by atoms with Crippen molar-refractivity contribution in [2.75, 3.05) is 0 Å². The summed E-state index contributed by atoms with van der Waals surface area (Å²) in [4.78, 5) is 12.0. The molecule has 0 N–H and O–H groups in total. The van der Waals surface area contributed by atoms with Gasteiger partial charge in [-0.15, -0.1) is 0 Å². The van der Waals surface area contributed by atoms with Crippen molar-refractivity contribution in [3.63, 3.8) is 0 Å². The van der Waals surface area contributed by atoms with E-state index in [1.807, 2.05) is 0 Å². The van der Waals surface area contributed by atoms with E-state index in [0.29, 0.717) is 11.5 Å². The van der Waals surface area contributed by atoms with E-state index in [4.69, 9.17) is 32.5 Å². The van der Waals surface area contributed by atoms with Gasteiger partial charge in [-0.2, -0.15) is 0 Å². The number of nitrogens with zero attached hydrogens (tertiary/aromatic N) is 1. The van der Waals surface area contributed by atoms with Crippen LogP contribution in [-0.4, -0.2) is 11.1 Å². The van der Waals surface area contributed by atoms with Gasteiger partial charge in [0.25, 0.3) is 0 Å². The van der Waals surface area contributed by atoms with Gasteiger partial charge in [-0.1, -0.05) is 34.4 Å². The molecule has 0 atom stereocenters. The Bertz CT molecular complexity index is 583. The molecule has 0 aliphatic carbocycles. The van der Waals surface area contributed by atoms with Crippen molar-refractivity contribution in [1.29, 1.82) is 0 Å². The highest BCUT2D eigenvalue weighted by Gasteiger charge is 2.18. The van der Waals surface area contributed by atoms with Gasteiger partial charge in [-0.25, -0.2) is 4.79 Å². The van der Waals surface area contributed by atoms with E-state index in [-0.39, 0.29) is 22.2 Å². The summed E-state index contributed by atoms with van der Waals surface area (Å²) >= 11 is 11.9. The summed E-state index contributed by atoms with van der Waals surface area (Å²) < 4.78 is 10.2. The Balaban J connectivity index is 2.15. The van der Waals surface area contributed by atoms with Crippen LogP contribution in [0.25, 0.3) is 0 Å². The molecule has 0 amide bonds. The highest BCUT2D eigenvalue weighted by Crippen LogP contribution is 2.25. The minimum absolute atomic E-state index is 0.0710. The lowest BCUT2D eigenvalue weighted by atomic mass is 10.2. The second-order valence-corrected chi connectivity index (χ2v) is 4.79. The van der Waals surface area contributed by atoms with Crippen LogP contribution in [-0.2, 0) is 11.3 Å². The Kier molecular flexibility index (Phi) is 4.12. The molecule has 0 unspecified atom stereocenters. The first-order valence-electron chi connectivity index (χ1n) is 5.53. The summed E-state index contributed by atoms with van der Waals surface area (Å²) in [6.45, 7) is 3.61. The lowest BCUT2D eigenvalue weighted by Gasteiger charge is -2.07. The molecule has 1 aromatic heterocycles. The number of halogens is 2. The number of carbonyl (C=O) groups excluding carboxylic acids is 1. The summed E-state index contributed by atoms with van der Waals surface area (Å²) in [5.74, 6) is 0.0474. The number of carbonyl (C=O) groups is 1. The second kappa shape index (κ2) is 5.63. The molecular formula is C13H11Cl2NO3. The minimum atomic E-state index is -0.574. The van der Waals surface area contributed by atoms with Crippen LogP contribution < -0.4 is 0 Å². The van der Waals surface area contributed by atoms with Crippen LogP contribution in [0.4, 0.5) is 0 Å². The Morgan fingerprint density at radius 3 is 2.47 bits per heavy atom. The van der Waals surface area contributed by atoms with Crippen LogP contribution in [0.2, 0.25) is 10.0 Å². The van der Waals surface area contributed by atoms with Gasteiger partial charge in [0.1, 0.15) is 12.4 Å². The normalized spacial score (nSPS) is 10.5. The van der Waals surface area contributed by atoms with Crippen LogP contribution in [0.15, 0.2) is 22.7 Å². The average Bonchev–Trinajstić information content (AvgIpc) is 2.66. The minimum Gasteiger partial charge on any atom is -0.457 e. The molecule has 6 heteroatoms. The van der Waals surface area contributed by atoms with Crippen LogP contribution in [0.5, 0.6) is 0 Å². The van der Waals surface area contributed by atoms with Crippen molar-refractivity contribution in [3.8, 4) is 0 Å². The smallest absolute Gasteiger partial charge is 0.341 e. The Morgan fingerprint density at radius 1 is 1.32 bits per heavy atom. The number of aryl methyl sites for hydroxylation is 2. The van der Waals surface area contributed by atoms with Gasteiger partial charge in [0.05, 0.1) is 26.9 Å². The summed E-state index contributed by atoms with van der Waals surface area (Å²) in [6, 6.07) is 4.83. The molecule has 1 heterocycles. The van der Waals surface area contributed by atoms with Crippen molar-refractivity contribution in [3.05, 3.63) is 50.8 Å². The standard InChI is InChI=1S/C13H11Cl2NO3/c1-7-9(8(2)19-16-7)6-18-13(17)12-10(14)4-3-5-11(12)15/h3-5H,6H2,1-2H3. The molecule has 0 aliphatic heterocycles. The Labute approximate surface area is 120 Å². The van der Waals surface area contributed by atoms with E-state index in [0.717, 1.165) is 5.56 Å². The van der Waals surface area contributed by atoms with E-state index in [2.05, 4.69) is 5.16 Å². The van der Waals surface area contributed by atoms with Crippen LogP contribution in [0, 0.1) is 13.8 Å². The molecular weight excluding hydrogens is 289 g/mol. The molecule has 4 nitrogen and oxygen atoms in total. The number of rotatable bonds is 3. The number of aromatic nitrogens is 1. The zero-order valence-electron chi connectivity index (χ0n) is 10.4. The molecule has 2 rings (SSSR count). The van der Waals surface area contributed by atoms with Crippen LogP contribution >= 0.6 is 23.2 Å². The predicted molar refractivity (Wildman–Crippen MR) is 71.6 cm³/mol. The number of hydrogen-bond donors (Lipinski definition) is 0. The van der Waals surface area contributed by atoms with Crippen LogP contribution in [0.1, 0.15) is 27.4 Å². The summed E-state index contributed by atoms with van der Waals surface area (Å²) in [5.41, 5.74) is 1.60. The van der Waals surface area contributed by atoms with Crippen molar-refractivity contribution in [2.24, 2.45) is 0 Å². The van der Waals surface area contributed by atoms with Gasteiger partial charge >= 0.3 is 5.97 Å². The first-order chi connectivity index (χ1) is 9.00. The average molecular weight is 300 g/mol. The van der Waals surface area contributed by atoms with Gasteiger partial charge in [0.2, 0.25) is 0 Å². The number of esters is 1. The molecule has 100 valence electrons. The van der Waals surface area contributed by atoms with E-state index < -0.39 is 5.97 Å². The first-order valence-corrected chi connectivity index (χ1v) is 6.29. The predicted octanol–water partition coefficient (Wildman–Crippen LogP) is 3.96. The van der Waals surface area contributed by atoms with Gasteiger partial charge in [0, 0.05) is 0 Å². The highest BCUT2D eigenvalue weighted by atomic mass is 35.5. The zero-order valence-corrected chi connectivity index (χ0v) is 11.9. The van der Waals surface area contributed by atoms with Crippen molar-refractivity contribution in [1.82, 2.24) is 5.16 Å². The van der Waals surface area contributed by atoms with E-state index in [1.165, 1.54) is 0 Å². The number of hydrogen-bond acceptors (Lipinski definition) is 4. The molecule has 0 spiro atoms. The molecule has 0 fully saturated rings. The molecule has 0 saturated heterocycles. The molecule has 2 aromatic rings. The Morgan fingerprint density at radius 2 is 1.95 bits per heavy atom. The summed E-state index contributed by atoms with van der Waals surface area (Å²) in [5, 5.41) is 4.30. The fourth-order valence-electron chi connectivity index (χ4n) is 1.61. The maximum Gasteiger partial charge on any atom is 0.341 e. The molecule has 0 aliphatic rings. The quantitative estimate of drug-likeness (QED) is 0.805. The SMILES string of the molecule is Cc1noc(C)c1COC(=O)c1c(Cl)cccc1Cl. The van der Waals surface area contributed by atoms with Crippen molar-refractivity contribution >= 4 is 29.2 Å². The number of ether oxygens (including phenoxy) is 1. The first kappa shape index (κ1) is 13.9. The van der Waals surface area contributed by atoms with Gasteiger partial charge < -0.3 is 9.26 Å². The molecule has 1 aromatic carbocycles. The Hall–Kier alpha value is -1.52. The van der Waals surface area contributed by atoms with Gasteiger partial charge in [-0.3, -0.25) is 0 Å². The monoisotopic (exact) mass is 299 g/mol. The molecule has 0 saturated carbocycles.